The van der Waals surface area contributed by atoms with Gasteiger partial charge in [-0.2, -0.15) is 0 Å². The van der Waals surface area contributed by atoms with Gasteiger partial charge in [0.25, 0.3) is 0 Å². The second kappa shape index (κ2) is 4.71. The van der Waals surface area contributed by atoms with Crippen molar-refractivity contribution in [3.8, 4) is 0 Å². The SMILES string of the molecule is O=CC1=CC(N2CCCCC2)=CCC1=S. The molecule has 2 aliphatic rings. The second-order valence-corrected chi connectivity index (χ2v) is 4.51. The molecule has 1 aliphatic heterocycles. The van der Waals surface area contributed by atoms with Crippen LogP contribution in [0.3, 0.4) is 0 Å². The van der Waals surface area contributed by atoms with Crippen molar-refractivity contribution in [1.29, 1.82) is 0 Å². The molecule has 0 aromatic heterocycles. The molecule has 1 aliphatic carbocycles. The normalized spacial score (nSPS) is 22.1. The topological polar surface area (TPSA) is 20.3 Å². The minimum atomic E-state index is 0.688. The van der Waals surface area contributed by atoms with Crippen LogP contribution in [0.15, 0.2) is 23.4 Å². The zero-order valence-electron chi connectivity index (χ0n) is 8.74. The molecule has 0 aromatic rings. The number of allylic oxidation sites excluding steroid dienone is 3. The zero-order chi connectivity index (χ0) is 10.7. The van der Waals surface area contributed by atoms with Gasteiger partial charge in [0.05, 0.1) is 0 Å². The Balaban J connectivity index is 2.12. The highest BCUT2D eigenvalue weighted by Crippen LogP contribution is 2.21. The van der Waals surface area contributed by atoms with E-state index in [0.29, 0.717) is 5.57 Å². The summed E-state index contributed by atoms with van der Waals surface area (Å²) in [4.78, 5) is 13.9. The third-order valence-electron chi connectivity index (χ3n) is 2.97. The molecule has 80 valence electrons. The van der Waals surface area contributed by atoms with Gasteiger partial charge < -0.3 is 4.90 Å². The third kappa shape index (κ3) is 2.34. The molecule has 0 bridgehead atoms. The number of hydrogen-bond acceptors (Lipinski definition) is 3. The van der Waals surface area contributed by atoms with Gasteiger partial charge in [-0.3, -0.25) is 4.79 Å². The molecule has 15 heavy (non-hydrogen) atoms. The quantitative estimate of drug-likeness (QED) is 0.527. The van der Waals surface area contributed by atoms with E-state index >= 15 is 0 Å². The molecule has 0 unspecified atom stereocenters. The summed E-state index contributed by atoms with van der Waals surface area (Å²) in [5, 5.41) is 0. The van der Waals surface area contributed by atoms with Crippen molar-refractivity contribution in [2.24, 2.45) is 0 Å². The first-order chi connectivity index (χ1) is 7.31. The van der Waals surface area contributed by atoms with Crippen LogP contribution in [0.4, 0.5) is 0 Å². The summed E-state index contributed by atoms with van der Waals surface area (Å²) in [6.45, 7) is 2.22. The molecular formula is C12H15NOS. The van der Waals surface area contributed by atoms with Crippen LogP contribution < -0.4 is 0 Å². The molecule has 2 nitrogen and oxygen atoms in total. The van der Waals surface area contributed by atoms with E-state index < -0.39 is 0 Å². The summed E-state index contributed by atoms with van der Waals surface area (Å²) < 4.78 is 0. The second-order valence-electron chi connectivity index (χ2n) is 4.02. The maximum Gasteiger partial charge on any atom is 0.151 e. The number of nitrogens with zero attached hydrogens (tertiary/aromatic N) is 1. The Morgan fingerprint density at radius 1 is 1.27 bits per heavy atom. The highest BCUT2D eigenvalue weighted by molar-refractivity contribution is 7.81. The lowest BCUT2D eigenvalue weighted by Crippen LogP contribution is -2.29. The van der Waals surface area contributed by atoms with Crippen LogP contribution in [0.2, 0.25) is 0 Å². The summed E-state index contributed by atoms with van der Waals surface area (Å²) >= 11 is 5.12. The Kier molecular flexibility index (Phi) is 3.31. The van der Waals surface area contributed by atoms with E-state index in [1.807, 2.05) is 6.08 Å². The lowest BCUT2D eigenvalue weighted by Gasteiger charge is -2.31. The van der Waals surface area contributed by atoms with Gasteiger partial charge in [-0.25, -0.2) is 0 Å². The molecule has 1 fully saturated rings. The minimum Gasteiger partial charge on any atom is -0.372 e. The molecule has 1 heterocycles. The van der Waals surface area contributed by atoms with Crippen molar-refractivity contribution in [3.05, 3.63) is 23.4 Å². The van der Waals surface area contributed by atoms with Gasteiger partial charge in [0, 0.05) is 35.6 Å². The minimum absolute atomic E-state index is 0.688. The third-order valence-corrected chi connectivity index (χ3v) is 3.37. The van der Waals surface area contributed by atoms with Crippen molar-refractivity contribution in [1.82, 2.24) is 4.90 Å². The predicted molar refractivity (Wildman–Crippen MR) is 64.9 cm³/mol. The van der Waals surface area contributed by atoms with Gasteiger partial charge in [0.15, 0.2) is 6.29 Å². The average Bonchev–Trinajstić information content (AvgIpc) is 2.31. The van der Waals surface area contributed by atoms with E-state index in [2.05, 4.69) is 11.0 Å². The molecule has 0 amide bonds. The molecule has 0 saturated carbocycles. The molecule has 0 N–H and O–H groups in total. The van der Waals surface area contributed by atoms with Crippen LogP contribution in [0.1, 0.15) is 25.7 Å². The molecule has 0 radical (unpaired) electrons. The number of carbonyl (C=O) groups is 1. The Labute approximate surface area is 95.6 Å². The molecule has 0 aromatic carbocycles. The number of hydrogen-bond donors (Lipinski definition) is 0. The number of thiocarbonyl (C=S) groups is 1. The van der Waals surface area contributed by atoms with Crippen molar-refractivity contribution in [2.45, 2.75) is 25.7 Å². The Morgan fingerprint density at radius 3 is 2.67 bits per heavy atom. The van der Waals surface area contributed by atoms with Gasteiger partial charge in [-0.15, -0.1) is 0 Å². The summed E-state index contributed by atoms with van der Waals surface area (Å²) in [5.41, 5.74) is 1.87. The van der Waals surface area contributed by atoms with Gasteiger partial charge in [0.1, 0.15) is 0 Å². The largest absolute Gasteiger partial charge is 0.372 e. The first-order valence-electron chi connectivity index (χ1n) is 5.46. The molecule has 3 heteroatoms. The molecule has 1 saturated heterocycles. The van der Waals surface area contributed by atoms with E-state index in [4.69, 9.17) is 12.2 Å². The summed E-state index contributed by atoms with van der Waals surface area (Å²) in [6, 6.07) is 0. The van der Waals surface area contributed by atoms with E-state index in [9.17, 15) is 4.79 Å². The number of piperidine rings is 1. The zero-order valence-corrected chi connectivity index (χ0v) is 9.55. The van der Waals surface area contributed by atoms with Crippen LogP contribution >= 0.6 is 12.2 Å². The number of rotatable bonds is 2. The van der Waals surface area contributed by atoms with Crippen LogP contribution in [-0.4, -0.2) is 29.1 Å². The fourth-order valence-corrected chi connectivity index (χ4v) is 2.28. The van der Waals surface area contributed by atoms with Crippen LogP contribution in [-0.2, 0) is 4.79 Å². The monoisotopic (exact) mass is 221 g/mol. The summed E-state index contributed by atoms with van der Waals surface area (Å²) in [6.07, 6.45) is 9.53. The maximum absolute atomic E-state index is 10.8. The standard InChI is InChI=1S/C12H15NOS/c14-9-10-8-11(4-5-12(10)15)13-6-2-1-3-7-13/h4,8-9H,1-3,5-7H2. The van der Waals surface area contributed by atoms with Crippen molar-refractivity contribution < 1.29 is 4.79 Å². The number of likely N-dealkylation sites (tertiary alicyclic amines) is 1. The Morgan fingerprint density at radius 2 is 2.00 bits per heavy atom. The van der Waals surface area contributed by atoms with Gasteiger partial charge in [-0.1, -0.05) is 18.3 Å². The van der Waals surface area contributed by atoms with Crippen LogP contribution in [0, 0.1) is 0 Å². The first-order valence-corrected chi connectivity index (χ1v) is 5.87. The van der Waals surface area contributed by atoms with Crippen molar-refractivity contribution in [3.63, 3.8) is 0 Å². The fraction of sp³-hybridized carbons (Fsp3) is 0.500. The van der Waals surface area contributed by atoms with E-state index in [1.165, 1.54) is 25.0 Å². The van der Waals surface area contributed by atoms with Crippen LogP contribution in [0.25, 0.3) is 0 Å². The Bertz CT molecular complexity index is 338. The number of carbonyl (C=O) groups excluding carboxylic acids is 1. The highest BCUT2D eigenvalue weighted by Gasteiger charge is 2.16. The maximum atomic E-state index is 10.8. The lowest BCUT2D eigenvalue weighted by molar-refractivity contribution is -0.104. The van der Waals surface area contributed by atoms with E-state index in [0.717, 1.165) is 30.7 Å². The van der Waals surface area contributed by atoms with Crippen molar-refractivity contribution in [2.75, 3.05) is 13.1 Å². The molecule has 0 spiro atoms. The molecule has 2 rings (SSSR count). The van der Waals surface area contributed by atoms with Crippen molar-refractivity contribution >= 4 is 23.4 Å². The fourth-order valence-electron chi connectivity index (χ4n) is 2.09. The first kappa shape index (κ1) is 10.6. The molecular weight excluding hydrogens is 206 g/mol. The predicted octanol–water partition coefficient (Wildman–Crippen LogP) is 2.26. The van der Waals surface area contributed by atoms with E-state index in [-0.39, 0.29) is 0 Å². The summed E-state index contributed by atoms with van der Waals surface area (Å²) in [5.74, 6) is 0. The highest BCUT2D eigenvalue weighted by atomic mass is 32.1. The van der Waals surface area contributed by atoms with Gasteiger partial charge >= 0.3 is 0 Å². The summed E-state index contributed by atoms with van der Waals surface area (Å²) in [7, 11) is 0. The lowest BCUT2D eigenvalue weighted by atomic mass is 10.0. The van der Waals surface area contributed by atoms with E-state index in [1.54, 1.807) is 0 Å². The average molecular weight is 221 g/mol. The Hall–Kier alpha value is -0.960. The van der Waals surface area contributed by atoms with Gasteiger partial charge in [0.2, 0.25) is 0 Å². The smallest absolute Gasteiger partial charge is 0.151 e. The van der Waals surface area contributed by atoms with Crippen LogP contribution in [0.5, 0.6) is 0 Å². The molecule has 0 atom stereocenters. The van der Waals surface area contributed by atoms with Gasteiger partial charge in [-0.05, 0) is 25.3 Å². The number of aldehydes is 1.